The van der Waals surface area contributed by atoms with Crippen LogP contribution in [-0.4, -0.2) is 153 Å². The maximum absolute atomic E-state index is 14.3. The summed E-state index contributed by atoms with van der Waals surface area (Å²) < 4.78 is 0. The summed E-state index contributed by atoms with van der Waals surface area (Å²) >= 11 is 0. The van der Waals surface area contributed by atoms with Gasteiger partial charge in [0.15, 0.2) is 0 Å². The molecule has 6 heterocycles. The molecule has 3 aromatic carbocycles. The summed E-state index contributed by atoms with van der Waals surface area (Å²) in [7, 11) is 4.08. The van der Waals surface area contributed by atoms with Crippen molar-refractivity contribution >= 4 is 23.9 Å². The Morgan fingerprint density at radius 3 is 1.29 bits per heavy atom. The third-order valence-electron chi connectivity index (χ3n) is 13.3. The fourth-order valence-corrected chi connectivity index (χ4v) is 9.33. The highest BCUT2D eigenvalue weighted by molar-refractivity contribution is 5.89. The van der Waals surface area contributed by atoms with Crippen molar-refractivity contribution in [2.45, 2.75) is 49.9 Å². The molecule has 0 bridgehead atoms. The highest BCUT2D eigenvalue weighted by Crippen LogP contribution is 2.34. The summed E-state index contributed by atoms with van der Waals surface area (Å²) in [4.78, 5) is 82.9. The Kier molecular flexibility index (Phi) is 14.2. The van der Waals surface area contributed by atoms with Crippen LogP contribution < -0.4 is 10.6 Å². The first-order valence-corrected chi connectivity index (χ1v) is 23.6. The topological polar surface area (TPSA) is 169 Å². The van der Waals surface area contributed by atoms with Crippen molar-refractivity contribution in [3.05, 3.63) is 143 Å². The van der Waals surface area contributed by atoms with E-state index in [0.717, 1.165) is 74.1 Å². The minimum Gasteiger partial charge on any atom is -0.334 e. The maximum Gasteiger partial charge on any atom is 0.318 e. The van der Waals surface area contributed by atoms with E-state index in [0.29, 0.717) is 62.3 Å². The van der Waals surface area contributed by atoms with Crippen molar-refractivity contribution in [1.82, 2.24) is 60.0 Å². The predicted molar refractivity (Wildman–Crippen MR) is 257 cm³/mol. The van der Waals surface area contributed by atoms with E-state index in [1.807, 2.05) is 109 Å². The minimum absolute atomic E-state index is 0.161. The normalized spacial score (nSPS) is 19.6. The number of hydrogen-bond acceptors (Lipinski definition) is 8. The molecule has 0 radical (unpaired) electrons. The van der Waals surface area contributed by atoms with Crippen molar-refractivity contribution in [3.63, 3.8) is 0 Å². The molecule has 4 fully saturated rings. The van der Waals surface area contributed by atoms with Crippen LogP contribution in [0.4, 0.5) is 9.59 Å². The lowest BCUT2D eigenvalue weighted by atomic mass is 10.0. The highest BCUT2D eigenvalue weighted by Gasteiger charge is 2.39. The lowest BCUT2D eigenvalue weighted by molar-refractivity contribution is -0.135. The molecule has 0 saturated carbocycles. The number of H-pyrrole nitrogens is 2. The number of urea groups is 2. The molecule has 2 aromatic heterocycles. The number of aromatic nitrogens is 4. The monoisotopic (exact) mass is 914 g/mol. The largest absolute Gasteiger partial charge is 0.334 e. The number of imidazole rings is 2. The third kappa shape index (κ3) is 10.7. The van der Waals surface area contributed by atoms with E-state index in [1.54, 1.807) is 22.2 Å². The molecule has 0 spiro atoms. The van der Waals surface area contributed by atoms with Crippen LogP contribution in [0, 0.1) is 23.7 Å². The lowest BCUT2D eigenvalue weighted by Gasteiger charge is -2.34. The van der Waals surface area contributed by atoms with E-state index in [2.05, 4.69) is 64.1 Å². The van der Waals surface area contributed by atoms with Crippen LogP contribution in [0.2, 0.25) is 0 Å². The van der Waals surface area contributed by atoms with E-state index in [1.165, 1.54) is 0 Å². The van der Waals surface area contributed by atoms with E-state index in [4.69, 9.17) is 0 Å². The average molecular weight is 915 g/mol. The smallest absolute Gasteiger partial charge is 0.318 e. The van der Waals surface area contributed by atoms with Crippen molar-refractivity contribution < 1.29 is 19.2 Å². The van der Waals surface area contributed by atoms with E-state index < -0.39 is 12.1 Å². The summed E-state index contributed by atoms with van der Waals surface area (Å²) in [6, 6.07) is 23.8. The van der Waals surface area contributed by atoms with Gasteiger partial charge < -0.3 is 50.0 Å². The molecule has 5 aromatic rings. The molecular weight excluding hydrogens is 857 g/mol. The highest BCUT2D eigenvalue weighted by atomic mass is 16.2. The molecule has 6 amide bonds. The number of carbonyl (C=O) groups excluding carboxylic acids is 4. The average Bonchev–Trinajstić information content (AvgIpc) is 4.23. The van der Waals surface area contributed by atoms with Crippen LogP contribution >= 0.6 is 0 Å². The summed E-state index contributed by atoms with van der Waals surface area (Å²) in [5.41, 5.74) is 4.35. The lowest BCUT2D eigenvalue weighted by Crippen LogP contribution is -2.53. The zero-order valence-corrected chi connectivity index (χ0v) is 38.7. The Balaban J connectivity index is 0.820. The van der Waals surface area contributed by atoms with Gasteiger partial charge in [0.1, 0.15) is 35.1 Å². The zero-order valence-electron chi connectivity index (χ0n) is 38.7. The first kappa shape index (κ1) is 45.7. The molecule has 4 atom stereocenters. The first-order chi connectivity index (χ1) is 33.2. The molecule has 350 valence electrons. The van der Waals surface area contributed by atoms with Crippen molar-refractivity contribution in [2.75, 3.05) is 79.5 Å². The molecule has 0 unspecified atom stereocenters. The van der Waals surface area contributed by atoms with E-state index in [9.17, 15) is 19.2 Å². The second-order valence-corrected chi connectivity index (χ2v) is 18.0. The van der Waals surface area contributed by atoms with Gasteiger partial charge >= 0.3 is 12.1 Å². The van der Waals surface area contributed by atoms with Crippen LogP contribution in [0.5, 0.6) is 0 Å². The minimum atomic E-state index is -0.823. The Hall–Kier alpha value is -7.40. The molecule has 4 N–H and O–H groups in total. The van der Waals surface area contributed by atoms with Gasteiger partial charge in [-0.2, -0.15) is 0 Å². The van der Waals surface area contributed by atoms with Gasteiger partial charge in [0.05, 0.1) is 24.5 Å². The number of nitrogens with zero attached hydrogens (tertiary/aromatic N) is 8. The Morgan fingerprint density at radius 2 is 0.912 bits per heavy atom. The summed E-state index contributed by atoms with van der Waals surface area (Å²) in [5.74, 6) is 13.8. The number of likely N-dealkylation sites (tertiary alicyclic amines) is 2. The summed E-state index contributed by atoms with van der Waals surface area (Å²) in [6.45, 7) is 6.71. The SMILES string of the molecule is CN1CCN(C(=O)N[C@@H](C(=O)N2CCC[C@H]2c2ncc(C#Cc3ccc(C#Cc4cnc([C@@H]5CCCN5C(=O)[C@H](NC(=O)N5CCN(C)CC5)c5ccccc5)[nH]4)cc3)[nH]2)c2ccccc2)CC1. The number of likely N-dealkylation sites (N-methyl/N-ethyl adjacent to an activating group) is 2. The Morgan fingerprint density at radius 1 is 0.529 bits per heavy atom. The van der Waals surface area contributed by atoms with Gasteiger partial charge in [0.25, 0.3) is 0 Å². The summed E-state index contributed by atoms with van der Waals surface area (Å²) in [5, 5.41) is 6.11. The third-order valence-corrected chi connectivity index (χ3v) is 13.3. The second kappa shape index (κ2) is 21.1. The second-order valence-electron chi connectivity index (χ2n) is 18.0. The number of aromatic amines is 2. The van der Waals surface area contributed by atoms with Gasteiger partial charge in [0.2, 0.25) is 11.8 Å². The van der Waals surface area contributed by atoms with Gasteiger partial charge in [-0.15, -0.1) is 0 Å². The van der Waals surface area contributed by atoms with Gasteiger partial charge in [-0.25, -0.2) is 19.6 Å². The number of piperazine rings is 2. The number of hydrogen-bond donors (Lipinski definition) is 4. The van der Waals surface area contributed by atoms with Gasteiger partial charge in [0, 0.05) is 76.6 Å². The molecule has 4 aliphatic heterocycles. The van der Waals surface area contributed by atoms with Crippen molar-refractivity contribution in [3.8, 4) is 23.7 Å². The van der Waals surface area contributed by atoms with Crippen LogP contribution in [0.3, 0.4) is 0 Å². The van der Waals surface area contributed by atoms with Gasteiger partial charge in [-0.3, -0.25) is 9.59 Å². The molecule has 9 rings (SSSR count). The molecule has 4 aliphatic rings. The van der Waals surface area contributed by atoms with Crippen molar-refractivity contribution in [2.24, 2.45) is 0 Å². The van der Waals surface area contributed by atoms with Crippen LogP contribution in [0.15, 0.2) is 97.3 Å². The van der Waals surface area contributed by atoms with Crippen LogP contribution in [0.1, 0.15) is 95.1 Å². The number of benzene rings is 3. The molecule has 16 heteroatoms. The van der Waals surface area contributed by atoms with Gasteiger partial charge in [-0.05, 0) is 87.0 Å². The standard InChI is InChI=1S/C52H58N12O4/c1-59-27-31-61(32-28-59)51(67)57-45(39-11-5-3-6-12-39)49(65)63-25-9-15-43(63)47-53-35-41(55-47)23-21-37-17-19-38(20-18-37)22-24-42-36-54-48(56-42)44-16-10-26-64(44)50(66)46(40-13-7-4-8-14-40)58-52(68)62-33-29-60(2)30-34-62/h3-8,11-14,17-20,35-36,43-46H,9-10,15-16,25-34H2,1-2H3,(H,53,55)(H,54,56)(H,57,67)(H,58,68)/t43-,44-,45+,46+/m0/s1. The fourth-order valence-electron chi connectivity index (χ4n) is 9.33. The molecule has 4 saturated heterocycles. The number of nitrogens with one attached hydrogen (secondary N) is 4. The van der Waals surface area contributed by atoms with E-state index in [-0.39, 0.29) is 36.0 Å². The molecule has 68 heavy (non-hydrogen) atoms. The molecular formula is C52H58N12O4. The molecule has 0 aliphatic carbocycles. The Bertz CT molecular complexity index is 2500. The summed E-state index contributed by atoms with van der Waals surface area (Å²) in [6.07, 6.45) is 6.52. The first-order valence-electron chi connectivity index (χ1n) is 23.6. The fraction of sp³-hybridized carbons (Fsp3) is 0.385. The molecule has 16 nitrogen and oxygen atoms in total. The van der Waals surface area contributed by atoms with Crippen LogP contribution in [0.25, 0.3) is 0 Å². The van der Waals surface area contributed by atoms with E-state index >= 15 is 0 Å². The van der Waals surface area contributed by atoms with Crippen LogP contribution in [-0.2, 0) is 9.59 Å². The number of carbonyl (C=O) groups is 4. The van der Waals surface area contributed by atoms with Crippen molar-refractivity contribution in [1.29, 1.82) is 0 Å². The van der Waals surface area contributed by atoms with Gasteiger partial charge in [-0.1, -0.05) is 72.5 Å². The number of rotatable bonds is 8. The number of amides is 6. The Labute approximate surface area is 397 Å². The quantitative estimate of drug-likeness (QED) is 0.163. The maximum atomic E-state index is 14.3. The zero-order chi connectivity index (χ0) is 47.0. The predicted octanol–water partition coefficient (Wildman–Crippen LogP) is 4.66.